The lowest BCUT2D eigenvalue weighted by molar-refractivity contribution is -0.156. The second kappa shape index (κ2) is 8.83. The van der Waals surface area contributed by atoms with E-state index in [9.17, 15) is 24.0 Å². The van der Waals surface area contributed by atoms with E-state index in [1.807, 2.05) is 0 Å². The van der Waals surface area contributed by atoms with Crippen LogP contribution in [0.25, 0.3) is 0 Å². The molecule has 1 aromatic heterocycles. The SMILES string of the molecule is COC(=O)C[C@H]1[C@@H](OC(C)=O)[C@H](n2cc(C)c(=O)[nH]c2=O)O[C@H]1COC(C)=O. The molecular weight excluding hydrogens is 376 g/mol. The van der Waals surface area contributed by atoms with Crippen molar-refractivity contribution in [2.45, 2.75) is 45.6 Å². The average molecular weight is 398 g/mol. The van der Waals surface area contributed by atoms with E-state index < -0.39 is 53.5 Å². The third-order valence-electron chi connectivity index (χ3n) is 4.30. The zero-order chi connectivity index (χ0) is 21.0. The summed E-state index contributed by atoms with van der Waals surface area (Å²) in [6.45, 7) is 3.66. The number of hydrogen-bond acceptors (Lipinski definition) is 9. The molecule has 1 fully saturated rings. The molecule has 11 nitrogen and oxygen atoms in total. The Morgan fingerprint density at radius 2 is 1.89 bits per heavy atom. The van der Waals surface area contributed by atoms with Crippen LogP contribution in [0.4, 0.5) is 0 Å². The molecular formula is C17H22N2O9. The zero-order valence-corrected chi connectivity index (χ0v) is 15.9. The van der Waals surface area contributed by atoms with Crippen molar-refractivity contribution in [1.29, 1.82) is 0 Å². The first-order chi connectivity index (χ1) is 13.1. The van der Waals surface area contributed by atoms with Crippen LogP contribution in [0.3, 0.4) is 0 Å². The number of H-pyrrole nitrogens is 1. The summed E-state index contributed by atoms with van der Waals surface area (Å²) < 4.78 is 21.9. The summed E-state index contributed by atoms with van der Waals surface area (Å²) in [6, 6.07) is 0. The minimum atomic E-state index is -1.14. The summed E-state index contributed by atoms with van der Waals surface area (Å²) in [4.78, 5) is 60.7. The molecule has 28 heavy (non-hydrogen) atoms. The van der Waals surface area contributed by atoms with Crippen LogP contribution in [0.5, 0.6) is 0 Å². The molecule has 0 saturated carbocycles. The van der Waals surface area contributed by atoms with Gasteiger partial charge in [0.25, 0.3) is 5.56 Å². The monoisotopic (exact) mass is 398 g/mol. The number of aromatic amines is 1. The number of aromatic nitrogens is 2. The van der Waals surface area contributed by atoms with Crippen molar-refractivity contribution >= 4 is 17.9 Å². The van der Waals surface area contributed by atoms with Gasteiger partial charge in [-0.25, -0.2) is 4.79 Å². The van der Waals surface area contributed by atoms with E-state index in [1.54, 1.807) is 0 Å². The Balaban J connectivity index is 2.47. The number of ether oxygens (including phenoxy) is 4. The molecule has 1 saturated heterocycles. The lowest BCUT2D eigenvalue weighted by atomic mass is 9.94. The zero-order valence-electron chi connectivity index (χ0n) is 15.9. The second-order valence-corrected chi connectivity index (χ2v) is 6.36. The minimum Gasteiger partial charge on any atom is -0.469 e. The molecule has 0 spiro atoms. The number of hydrogen-bond donors (Lipinski definition) is 1. The van der Waals surface area contributed by atoms with E-state index in [2.05, 4.69) is 9.72 Å². The highest BCUT2D eigenvalue weighted by Gasteiger charge is 2.49. The van der Waals surface area contributed by atoms with Crippen LogP contribution in [0, 0.1) is 12.8 Å². The highest BCUT2D eigenvalue weighted by atomic mass is 16.6. The molecule has 154 valence electrons. The Morgan fingerprint density at radius 1 is 1.21 bits per heavy atom. The Kier molecular flexibility index (Phi) is 6.73. The van der Waals surface area contributed by atoms with Crippen LogP contribution < -0.4 is 11.2 Å². The van der Waals surface area contributed by atoms with Crippen LogP contribution >= 0.6 is 0 Å². The first-order valence-electron chi connectivity index (χ1n) is 8.49. The number of esters is 3. The number of carbonyl (C=O) groups excluding carboxylic acids is 3. The van der Waals surface area contributed by atoms with Gasteiger partial charge in [-0.1, -0.05) is 0 Å². The summed E-state index contributed by atoms with van der Waals surface area (Å²) in [6.07, 6.45) is -1.97. The van der Waals surface area contributed by atoms with Gasteiger partial charge in [-0.05, 0) is 6.92 Å². The van der Waals surface area contributed by atoms with E-state index in [4.69, 9.17) is 14.2 Å². The van der Waals surface area contributed by atoms with Crippen molar-refractivity contribution in [2.24, 2.45) is 5.92 Å². The van der Waals surface area contributed by atoms with E-state index in [0.717, 1.165) is 4.57 Å². The summed E-state index contributed by atoms with van der Waals surface area (Å²) in [5, 5.41) is 0. The predicted molar refractivity (Wildman–Crippen MR) is 92.3 cm³/mol. The second-order valence-electron chi connectivity index (χ2n) is 6.36. The van der Waals surface area contributed by atoms with Gasteiger partial charge in [-0.3, -0.25) is 28.7 Å². The fraction of sp³-hybridized carbons (Fsp3) is 0.588. The van der Waals surface area contributed by atoms with Crippen molar-refractivity contribution in [1.82, 2.24) is 9.55 Å². The quantitative estimate of drug-likeness (QED) is 0.491. The highest BCUT2D eigenvalue weighted by Crippen LogP contribution is 2.38. The Morgan fingerprint density at radius 3 is 2.46 bits per heavy atom. The van der Waals surface area contributed by atoms with Crippen molar-refractivity contribution in [2.75, 3.05) is 13.7 Å². The maximum absolute atomic E-state index is 12.3. The summed E-state index contributed by atoms with van der Waals surface area (Å²) in [5.74, 6) is -2.56. The molecule has 0 radical (unpaired) electrons. The van der Waals surface area contributed by atoms with E-state index in [-0.39, 0.29) is 18.6 Å². The molecule has 0 aliphatic carbocycles. The smallest absolute Gasteiger partial charge is 0.330 e. The molecule has 0 bridgehead atoms. The molecule has 1 N–H and O–H groups in total. The molecule has 2 heterocycles. The highest BCUT2D eigenvalue weighted by molar-refractivity contribution is 5.70. The van der Waals surface area contributed by atoms with Crippen LogP contribution in [0.2, 0.25) is 0 Å². The number of carbonyl (C=O) groups is 3. The Bertz CT molecular complexity index is 872. The van der Waals surface area contributed by atoms with Gasteiger partial charge in [0.05, 0.1) is 13.5 Å². The fourth-order valence-electron chi connectivity index (χ4n) is 3.00. The van der Waals surface area contributed by atoms with Gasteiger partial charge in [0.2, 0.25) is 0 Å². The van der Waals surface area contributed by atoms with Gasteiger partial charge < -0.3 is 18.9 Å². The fourth-order valence-corrected chi connectivity index (χ4v) is 3.00. The summed E-state index contributed by atoms with van der Waals surface area (Å²) in [7, 11) is 1.20. The van der Waals surface area contributed by atoms with Crippen LogP contribution in [-0.4, -0.2) is 53.4 Å². The van der Waals surface area contributed by atoms with Gasteiger partial charge in [-0.2, -0.15) is 0 Å². The molecule has 0 aromatic carbocycles. The normalized spacial score (nSPS) is 23.9. The number of rotatable bonds is 6. The van der Waals surface area contributed by atoms with Crippen molar-refractivity contribution < 1.29 is 33.3 Å². The largest absolute Gasteiger partial charge is 0.469 e. The molecule has 2 rings (SSSR count). The summed E-state index contributed by atoms with van der Waals surface area (Å²) in [5.41, 5.74) is -1.11. The standard InChI is InChI=1S/C17H22N2O9/c1-8-6-19(17(24)18-15(8)23)16-14(27-10(3)21)11(5-13(22)25-4)12(28-16)7-26-9(2)20/h6,11-12,14,16H,5,7H2,1-4H3,(H,18,23,24)/t11-,12+,14-,16-/m1/s1. The van der Waals surface area contributed by atoms with Crippen molar-refractivity contribution in [3.8, 4) is 0 Å². The third kappa shape index (κ3) is 4.85. The number of methoxy groups -OCH3 is 1. The maximum atomic E-state index is 12.3. The average Bonchev–Trinajstić information content (AvgIpc) is 2.93. The van der Waals surface area contributed by atoms with Gasteiger partial charge >= 0.3 is 23.6 Å². The molecule has 0 amide bonds. The van der Waals surface area contributed by atoms with Gasteiger partial charge in [0.1, 0.15) is 12.7 Å². The first-order valence-corrected chi connectivity index (χ1v) is 8.49. The van der Waals surface area contributed by atoms with Crippen LogP contribution in [-0.2, 0) is 33.3 Å². The minimum absolute atomic E-state index is 0.200. The predicted octanol–water partition coefficient (Wildman–Crippen LogP) is -0.583. The van der Waals surface area contributed by atoms with Gasteiger partial charge in [-0.15, -0.1) is 0 Å². The van der Waals surface area contributed by atoms with Crippen molar-refractivity contribution in [3.05, 3.63) is 32.6 Å². The van der Waals surface area contributed by atoms with Gasteiger partial charge in [0, 0.05) is 31.5 Å². The van der Waals surface area contributed by atoms with Crippen molar-refractivity contribution in [3.63, 3.8) is 0 Å². The topological polar surface area (TPSA) is 143 Å². The Hall–Kier alpha value is -2.95. The number of nitrogens with zero attached hydrogens (tertiary/aromatic N) is 1. The molecule has 1 aliphatic heterocycles. The summed E-state index contributed by atoms with van der Waals surface area (Å²) >= 11 is 0. The molecule has 11 heteroatoms. The Labute approximate surface area is 159 Å². The van der Waals surface area contributed by atoms with Gasteiger partial charge in [0.15, 0.2) is 12.3 Å². The van der Waals surface area contributed by atoms with E-state index in [1.165, 1.54) is 34.1 Å². The first kappa shape index (κ1) is 21.4. The molecule has 1 aliphatic rings. The lowest BCUT2D eigenvalue weighted by Crippen LogP contribution is -2.39. The van der Waals surface area contributed by atoms with E-state index >= 15 is 0 Å². The van der Waals surface area contributed by atoms with Crippen LogP contribution in [0.1, 0.15) is 32.1 Å². The van der Waals surface area contributed by atoms with E-state index in [0.29, 0.717) is 0 Å². The number of aryl methyl sites for hydroxylation is 1. The molecule has 1 aromatic rings. The number of nitrogens with one attached hydrogen (secondary N) is 1. The molecule has 0 unspecified atom stereocenters. The molecule has 4 atom stereocenters. The van der Waals surface area contributed by atoms with Crippen LogP contribution in [0.15, 0.2) is 15.8 Å². The maximum Gasteiger partial charge on any atom is 0.330 e. The lowest BCUT2D eigenvalue weighted by Gasteiger charge is -2.23. The third-order valence-corrected chi connectivity index (χ3v) is 4.30.